The average Bonchev–Trinajstić information content (AvgIpc) is 3.47. The maximum absolute atomic E-state index is 13.7. The van der Waals surface area contributed by atoms with Crippen LogP contribution in [0.4, 0.5) is 5.69 Å². The maximum atomic E-state index is 13.7. The van der Waals surface area contributed by atoms with Crippen LogP contribution in [0.25, 0.3) is 0 Å². The van der Waals surface area contributed by atoms with E-state index < -0.39 is 7.26 Å². The molecule has 1 aliphatic carbocycles. The van der Waals surface area contributed by atoms with Crippen LogP contribution >= 0.6 is 7.26 Å². The van der Waals surface area contributed by atoms with Crippen molar-refractivity contribution in [2.24, 2.45) is 0 Å². The van der Waals surface area contributed by atoms with Gasteiger partial charge in [-0.15, -0.1) is 0 Å². The van der Waals surface area contributed by atoms with E-state index in [0.717, 1.165) is 18.5 Å². The standard InChI is InChI=1S/C24H40NOP.Y/c1-6-9-17-27(18-10-7-2,19-11-8-3)24(15-16-24)23(26)25-22-20(4)13-12-14-21(22)5;/h12-14H,6-11,15-19H2,1-5H3;/p+1. The Morgan fingerprint density at radius 3 is 1.71 bits per heavy atom. The molecule has 0 saturated heterocycles. The number of para-hydroxylation sites is 1. The van der Waals surface area contributed by atoms with E-state index >= 15 is 0 Å². The molecule has 0 aromatic heterocycles. The number of carbonyl (C=O) groups is 1. The van der Waals surface area contributed by atoms with Gasteiger partial charge < -0.3 is 5.32 Å². The zero-order chi connectivity index (χ0) is 19.9. The van der Waals surface area contributed by atoms with Gasteiger partial charge in [0.25, 0.3) is 5.91 Å². The maximum Gasteiger partial charge on any atom is 0.268 e. The summed E-state index contributed by atoms with van der Waals surface area (Å²) in [6.07, 6.45) is 13.8. The van der Waals surface area contributed by atoms with Crippen molar-refractivity contribution in [1.82, 2.24) is 0 Å². The van der Waals surface area contributed by atoms with Crippen LogP contribution in [0, 0.1) is 13.8 Å². The molecule has 155 valence electrons. The van der Waals surface area contributed by atoms with Crippen LogP contribution in [-0.4, -0.2) is 29.5 Å². The van der Waals surface area contributed by atoms with Crippen molar-refractivity contribution >= 4 is 18.9 Å². The molecule has 4 heteroatoms. The summed E-state index contributed by atoms with van der Waals surface area (Å²) in [6.45, 7) is 11.1. The van der Waals surface area contributed by atoms with E-state index in [2.05, 4.69) is 58.1 Å². The topological polar surface area (TPSA) is 29.1 Å². The third-order valence-corrected chi connectivity index (χ3v) is 12.6. The minimum absolute atomic E-state index is 0. The van der Waals surface area contributed by atoms with Crippen LogP contribution in [0.2, 0.25) is 0 Å². The second kappa shape index (κ2) is 12.2. The van der Waals surface area contributed by atoms with Gasteiger partial charge in [0.15, 0.2) is 5.16 Å². The molecular weight excluding hydrogens is 438 g/mol. The first-order chi connectivity index (χ1) is 13.0. The Balaban J connectivity index is 0.00000392. The second-order valence-corrected chi connectivity index (χ2v) is 13.1. The summed E-state index contributed by atoms with van der Waals surface area (Å²) in [5.41, 5.74) is 3.41. The van der Waals surface area contributed by atoms with Gasteiger partial charge in [-0.3, -0.25) is 4.79 Å². The van der Waals surface area contributed by atoms with Crippen LogP contribution in [0.3, 0.4) is 0 Å². The Labute approximate surface area is 199 Å². The van der Waals surface area contributed by atoms with Gasteiger partial charge in [0, 0.05) is 58.5 Å². The fraction of sp³-hybridized carbons (Fsp3) is 0.708. The number of carbonyl (C=O) groups excluding carboxylic acids is 1. The van der Waals surface area contributed by atoms with Crippen LogP contribution in [0.15, 0.2) is 18.2 Å². The predicted octanol–water partition coefficient (Wildman–Crippen LogP) is 7.19. The molecule has 0 heterocycles. The molecule has 0 unspecified atom stereocenters. The van der Waals surface area contributed by atoms with Crippen molar-refractivity contribution in [1.29, 1.82) is 0 Å². The van der Waals surface area contributed by atoms with Crippen molar-refractivity contribution in [2.75, 3.05) is 23.8 Å². The van der Waals surface area contributed by atoms with Crippen LogP contribution in [0.5, 0.6) is 0 Å². The molecule has 1 N–H and O–H groups in total. The Morgan fingerprint density at radius 2 is 1.36 bits per heavy atom. The van der Waals surface area contributed by atoms with E-state index in [0.29, 0.717) is 5.91 Å². The molecule has 1 aromatic carbocycles. The van der Waals surface area contributed by atoms with Gasteiger partial charge in [0.05, 0.1) is 18.5 Å². The van der Waals surface area contributed by atoms with Crippen LogP contribution < -0.4 is 5.32 Å². The monoisotopic (exact) mass is 479 g/mol. The van der Waals surface area contributed by atoms with Gasteiger partial charge in [-0.2, -0.15) is 0 Å². The van der Waals surface area contributed by atoms with E-state index in [-0.39, 0.29) is 37.9 Å². The van der Waals surface area contributed by atoms with Gasteiger partial charge in [-0.05, 0) is 44.2 Å². The third-order valence-electron chi connectivity index (χ3n) is 6.59. The molecule has 0 bridgehead atoms. The van der Waals surface area contributed by atoms with Crippen molar-refractivity contribution < 1.29 is 37.5 Å². The molecule has 2 nitrogen and oxygen atoms in total. The SMILES string of the molecule is CCCC[P+](CCCC)(CCCC)C1(C(=O)Nc2c(C)cccc2C)CC1.[Y]. The van der Waals surface area contributed by atoms with Crippen LogP contribution in [0.1, 0.15) is 83.3 Å². The summed E-state index contributed by atoms with van der Waals surface area (Å²) >= 11 is 0. The number of hydrogen-bond acceptors (Lipinski definition) is 1. The molecule has 28 heavy (non-hydrogen) atoms. The number of aryl methyl sites for hydroxylation is 2. The minimum atomic E-state index is -1.27. The molecule has 0 spiro atoms. The van der Waals surface area contributed by atoms with E-state index in [9.17, 15) is 4.79 Å². The molecule has 1 saturated carbocycles. The summed E-state index contributed by atoms with van der Waals surface area (Å²) in [5, 5.41) is 3.38. The number of rotatable bonds is 12. The van der Waals surface area contributed by atoms with Gasteiger partial charge in [-0.1, -0.05) is 58.2 Å². The van der Waals surface area contributed by atoms with E-state index in [1.165, 1.54) is 68.1 Å². The van der Waals surface area contributed by atoms with E-state index in [1.54, 1.807) is 0 Å². The van der Waals surface area contributed by atoms with E-state index in [1.807, 2.05) is 0 Å². The molecule has 0 aliphatic heterocycles. The summed E-state index contributed by atoms with van der Waals surface area (Å²) in [6, 6.07) is 6.29. The first-order valence-corrected chi connectivity index (χ1v) is 13.5. The van der Waals surface area contributed by atoms with Crippen molar-refractivity contribution in [3.05, 3.63) is 29.3 Å². The summed E-state index contributed by atoms with van der Waals surface area (Å²) in [4.78, 5) is 13.7. The Bertz CT molecular complexity index is 585. The second-order valence-electron chi connectivity index (χ2n) is 8.63. The fourth-order valence-corrected chi connectivity index (χ4v) is 10.9. The predicted molar refractivity (Wildman–Crippen MR) is 123 cm³/mol. The molecule has 2 rings (SSSR count). The van der Waals surface area contributed by atoms with E-state index in [4.69, 9.17) is 0 Å². The smallest absolute Gasteiger partial charge is 0.268 e. The Kier molecular flexibility index (Phi) is 11.4. The van der Waals surface area contributed by atoms with Crippen molar-refractivity contribution in [3.63, 3.8) is 0 Å². The number of benzene rings is 1. The summed E-state index contributed by atoms with van der Waals surface area (Å²) in [5.74, 6) is 0.344. The van der Waals surface area contributed by atoms with Crippen molar-refractivity contribution in [2.45, 2.75) is 91.1 Å². The minimum Gasteiger partial charge on any atom is -0.322 e. The van der Waals surface area contributed by atoms with Crippen molar-refractivity contribution in [3.8, 4) is 0 Å². The third kappa shape index (κ3) is 5.89. The van der Waals surface area contributed by atoms with Crippen LogP contribution in [-0.2, 0) is 37.5 Å². The number of anilines is 1. The first-order valence-electron chi connectivity index (χ1n) is 11.2. The molecule has 1 radical (unpaired) electrons. The zero-order valence-electron chi connectivity index (χ0n) is 18.9. The molecule has 1 aliphatic rings. The molecule has 0 atom stereocenters. The normalized spacial score (nSPS) is 15.0. The van der Waals surface area contributed by atoms with Gasteiger partial charge in [-0.25, -0.2) is 0 Å². The van der Waals surface area contributed by atoms with Gasteiger partial charge in [0.2, 0.25) is 0 Å². The fourth-order valence-electron chi connectivity index (χ4n) is 4.64. The number of hydrogen-bond donors (Lipinski definition) is 1. The molecule has 1 aromatic rings. The Hall–Kier alpha value is 0.224. The average molecular weight is 479 g/mol. The van der Waals surface area contributed by atoms with Gasteiger partial charge >= 0.3 is 0 Å². The van der Waals surface area contributed by atoms with Gasteiger partial charge in [0.1, 0.15) is 0 Å². The quantitative estimate of drug-likeness (QED) is 0.316. The molecular formula is C24H41NOPY+. The number of amides is 1. The molecule has 1 fully saturated rings. The zero-order valence-corrected chi connectivity index (χ0v) is 22.7. The molecule has 1 amide bonds. The number of unbranched alkanes of at least 4 members (excludes halogenated alkanes) is 3. The largest absolute Gasteiger partial charge is 0.322 e. The first kappa shape index (κ1) is 26.3. The Morgan fingerprint density at radius 1 is 0.929 bits per heavy atom. The summed E-state index contributed by atoms with van der Waals surface area (Å²) in [7, 11) is -1.27. The summed E-state index contributed by atoms with van der Waals surface area (Å²) < 4.78 is 0. The number of nitrogens with one attached hydrogen (secondary N) is 1.